The Morgan fingerprint density at radius 2 is 0.847 bits per heavy atom. The van der Waals surface area contributed by atoms with Crippen molar-refractivity contribution in [1.29, 1.82) is 0 Å². The molecule has 0 fully saturated rings. The van der Waals surface area contributed by atoms with Crippen molar-refractivity contribution < 1.29 is 13.6 Å². The normalized spacial score (nSPS) is 12.1. The predicted octanol–water partition coefficient (Wildman–Crippen LogP) is 14.6. The van der Waals surface area contributed by atoms with Gasteiger partial charge in [0.05, 0.1) is 0 Å². The van der Waals surface area contributed by atoms with E-state index in [0.717, 1.165) is 34.1 Å². The van der Waals surface area contributed by atoms with Gasteiger partial charge in [-0.25, -0.2) is 0 Å². The fraction of sp³-hybridized carbons (Fsp3) is 0.169. The van der Waals surface area contributed by atoms with E-state index in [2.05, 4.69) is 288 Å². The molecule has 0 unspecified atom stereocenters. The second-order valence-corrected chi connectivity index (χ2v) is 29.9. The molecule has 0 atom stereocenters. The minimum Gasteiger partial charge on any atom is -0.534 e. The van der Waals surface area contributed by atoms with Crippen LogP contribution < -0.4 is 39.2 Å². The highest BCUT2D eigenvalue weighted by molar-refractivity contribution is 7.10. The SMILES string of the molecule is CC(C)(C)[Si](Oc1ccc(CN(Cc2ccc(O[Si](c3ccccc3)(c3ccccc3)C(C)(C)C)cc2)c2ccc(/C=C/c3cccs3)c(OCc3ccccc3)c2)cc1)(c1ccccc1)c1ccccc1. The molecule has 1 aromatic heterocycles. The molecule has 0 saturated carbocycles. The molecule has 0 amide bonds. The van der Waals surface area contributed by atoms with Crippen LogP contribution >= 0.6 is 11.3 Å². The number of hydrogen-bond acceptors (Lipinski definition) is 5. The van der Waals surface area contributed by atoms with Crippen LogP contribution in [0.4, 0.5) is 5.69 Å². The maximum absolute atomic E-state index is 7.44. The quantitative estimate of drug-likeness (QED) is 0.0802. The molecule has 1 heterocycles. The van der Waals surface area contributed by atoms with E-state index in [1.165, 1.54) is 36.8 Å². The Hall–Kier alpha value is -7.17. The van der Waals surface area contributed by atoms with Gasteiger partial charge in [0.1, 0.15) is 23.9 Å². The van der Waals surface area contributed by atoms with Crippen LogP contribution in [0.25, 0.3) is 12.2 Å². The van der Waals surface area contributed by atoms with Gasteiger partial charge in [-0.15, -0.1) is 11.3 Å². The van der Waals surface area contributed by atoms with Crippen molar-refractivity contribution in [3.05, 3.63) is 263 Å². The van der Waals surface area contributed by atoms with Gasteiger partial charge in [0.15, 0.2) is 0 Å². The van der Waals surface area contributed by atoms with E-state index in [1.54, 1.807) is 11.3 Å². The van der Waals surface area contributed by atoms with Crippen molar-refractivity contribution in [2.75, 3.05) is 4.90 Å². The third-order valence-electron chi connectivity index (χ3n) is 13.5. The molecule has 72 heavy (non-hydrogen) atoms. The fourth-order valence-corrected chi connectivity index (χ4v) is 19.4. The summed E-state index contributed by atoms with van der Waals surface area (Å²) in [6, 6.07) is 82.1. The maximum Gasteiger partial charge on any atom is 0.319 e. The van der Waals surface area contributed by atoms with Gasteiger partial charge in [0, 0.05) is 35.3 Å². The molecule has 9 rings (SSSR count). The maximum atomic E-state index is 7.44. The highest BCUT2D eigenvalue weighted by Crippen LogP contribution is 2.40. The molecule has 0 spiro atoms. The molecule has 0 radical (unpaired) electrons. The lowest BCUT2D eigenvalue weighted by atomic mass is 10.1. The lowest BCUT2D eigenvalue weighted by Gasteiger charge is -2.43. The molecule has 0 aliphatic rings. The van der Waals surface area contributed by atoms with Crippen LogP contribution in [0, 0.1) is 0 Å². The first-order valence-electron chi connectivity index (χ1n) is 25.0. The summed E-state index contributed by atoms with van der Waals surface area (Å²) in [4.78, 5) is 3.64. The van der Waals surface area contributed by atoms with E-state index in [-0.39, 0.29) is 10.1 Å². The fourth-order valence-electron chi connectivity index (χ4n) is 9.93. The third kappa shape index (κ3) is 11.1. The molecule has 8 aromatic carbocycles. The van der Waals surface area contributed by atoms with Crippen molar-refractivity contribution in [3.63, 3.8) is 0 Å². The largest absolute Gasteiger partial charge is 0.534 e. The molecule has 9 aromatic rings. The lowest BCUT2D eigenvalue weighted by molar-refractivity contribution is 0.305. The number of hydrogen-bond donors (Lipinski definition) is 0. The monoisotopic (exact) mass is 995 g/mol. The molecule has 0 aliphatic carbocycles. The van der Waals surface area contributed by atoms with Crippen molar-refractivity contribution in [2.45, 2.75) is 71.3 Å². The molecular weight excluding hydrogens is 931 g/mol. The topological polar surface area (TPSA) is 30.9 Å². The Kier molecular flexibility index (Phi) is 15.3. The zero-order valence-electron chi connectivity index (χ0n) is 42.4. The number of anilines is 1. The van der Waals surface area contributed by atoms with E-state index >= 15 is 0 Å². The number of benzene rings is 8. The van der Waals surface area contributed by atoms with Crippen LogP contribution in [0.1, 0.15) is 68.7 Å². The van der Waals surface area contributed by atoms with Crippen molar-refractivity contribution in [1.82, 2.24) is 0 Å². The summed E-state index contributed by atoms with van der Waals surface area (Å²) in [5.74, 6) is 2.57. The predicted molar refractivity (Wildman–Crippen MR) is 310 cm³/mol. The molecule has 0 aliphatic heterocycles. The van der Waals surface area contributed by atoms with E-state index in [4.69, 9.17) is 13.6 Å². The molecule has 0 N–H and O–H groups in total. The summed E-state index contributed by atoms with van der Waals surface area (Å²) >= 11 is 1.72. The number of nitrogens with zero attached hydrogens (tertiary/aromatic N) is 1. The zero-order valence-corrected chi connectivity index (χ0v) is 45.2. The van der Waals surface area contributed by atoms with Gasteiger partial charge in [-0.2, -0.15) is 0 Å². The Morgan fingerprint density at radius 1 is 0.431 bits per heavy atom. The lowest BCUT2D eigenvalue weighted by Crippen LogP contribution is -2.68. The average molecular weight is 996 g/mol. The van der Waals surface area contributed by atoms with Crippen molar-refractivity contribution in [3.8, 4) is 17.2 Å². The third-order valence-corrected chi connectivity index (χ3v) is 24.3. The Labute approximate surface area is 434 Å². The minimum absolute atomic E-state index is 0.156. The van der Waals surface area contributed by atoms with Crippen LogP contribution in [0.3, 0.4) is 0 Å². The minimum atomic E-state index is -2.82. The zero-order chi connectivity index (χ0) is 50.0. The van der Waals surface area contributed by atoms with Crippen molar-refractivity contribution in [2.24, 2.45) is 0 Å². The van der Waals surface area contributed by atoms with Gasteiger partial charge < -0.3 is 18.5 Å². The van der Waals surface area contributed by atoms with Crippen LogP contribution in [0.5, 0.6) is 17.2 Å². The summed E-state index contributed by atoms with van der Waals surface area (Å²) in [6.45, 7) is 15.7. The summed E-state index contributed by atoms with van der Waals surface area (Å²) in [6.07, 6.45) is 4.33. The van der Waals surface area contributed by atoms with Crippen LogP contribution in [0.2, 0.25) is 10.1 Å². The smallest absolute Gasteiger partial charge is 0.319 e. The summed E-state index contributed by atoms with van der Waals surface area (Å²) in [5, 5.41) is 6.80. The summed E-state index contributed by atoms with van der Waals surface area (Å²) in [5.41, 5.74) is 5.55. The van der Waals surface area contributed by atoms with Gasteiger partial charge in [-0.1, -0.05) is 224 Å². The Morgan fingerprint density at radius 3 is 1.24 bits per heavy atom. The van der Waals surface area contributed by atoms with Gasteiger partial charge in [0.25, 0.3) is 0 Å². The van der Waals surface area contributed by atoms with Gasteiger partial charge in [0.2, 0.25) is 0 Å². The number of rotatable bonds is 18. The summed E-state index contributed by atoms with van der Waals surface area (Å²) in [7, 11) is -5.64. The molecule has 0 bridgehead atoms. The Balaban J connectivity index is 1.07. The first-order valence-corrected chi connectivity index (χ1v) is 29.7. The molecule has 4 nitrogen and oxygen atoms in total. The van der Waals surface area contributed by atoms with Gasteiger partial charge >= 0.3 is 16.6 Å². The molecule has 0 saturated heterocycles. The standard InChI is InChI=1S/C65H65NO3SSi2/c1-64(2,3)71(59-26-14-8-15-27-59,60-28-16-9-17-29-60)68-56-41-34-51(35-42-56)48-66(55-40-38-54(39-45-58-25-22-46-70-58)63(47-55)67-50-53-23-12-7-13-24-53)49-52-36-43-57(44-37-52)69-72(65(4,5)6,61-30-18-10-19-31-61)62-32-20-11-21-33-62/h7-47H,48-50H2,1-6H3/b45-39+. The number of thiophene rings is 1. The number of ether oxygens (including phenoxy) is 1. The molecule has 362 valence electrons. The van der Waals surface area contributed by atoms with E-state index < -0.39 is 16.6 Å². The van der Waals surface area contributed by atoms with Crippen molar-refractivity contribution >= 4 is 66.6 Å². The highest BCUT2D eigenvalue weighted by Gasteiger charge is 2.53. The van der Waals surface area contributed by atoms with E-state index in [9.17, 15) is 0 Å². The Bertz CT molecular complexity index is 2890. The average Bonchev–Trinajstić information content (AvgIpc) is 3.94. The van der Waals surface area contributed by atoms with E-state index in [0.29, 0.717) is 19.7 Å². The summed E-state index contributed by atoms with van der Waals surface area (Å²) < 4.78 is 21.6. The van der Waals surface area contributed by atoms with E-state index in [1.807, 2.05) is 6.07 Å². The highest BCUT2D eigenvalue weighted by atomic mass is 32.1. The van der Waals surface area contributed by atoms with Crippen LogP contribution in [-0.4, -0.2) is 16.6 Å². The first-order chi connectivity index (χ1) is 34.9. The van der Waals surface area contributed by atoms with Gasteiger partial charge in [-0.3, -0.25) is 0 Å². The van der Waals surface area contributed by atoms with Gasteiger partial charge in [-0.05, 0) is 108 Å². The van der Waals surface area contributed by atoms with Crippen LogP contribution in [-0.2, 0) is 19.7 Å². The molecular formula is C65H65NO3SSi2. The molecule has 7 heteroatoms. The second-order valence-electron chi connectivity index (χ2n) is 20.5. The van der Waals surface area contributed by atoms with Crippen LogP contribution in [0.15, 0.2) is 236 Å². The first kappa shape index (κ1) is 49.8. The second kappa shape index (κ2) is 22.1.